The lowest BCUT2D eigenvalue weighted by Crippen LogP contribution is -2.38. The van der Waals surface area contributed by atoms with Gasteiger partial charge in [0.25, 0.3) is 0 Å². The Morgan fingerprint density at radius 3 is 2.72 bits per heavy atom. The smallest absolute Gasteiger partial charge is 0.238 e. The van der Waals surface area contributed by atoms with E-state index in [1.165, 1.54) is 11.1 Å². The van der Waals surface area contributed by atoms with E-state index in [9.17, 15) is 9.90 Å². The fraction of sp³-hybridized carbons (Fsp3) is 0.545. The molecule has 0 aliphatic carbocycles. The first-order valence-corrected chi connectivity index (χ1v) is 10.2. The molecule has 0 saturated carbocycles. The van der Waals surface area contributed by atoms with Crippen LogP contribution in [0.1, 0.15) is 36.1 Å². The lowest BCUT2D eigenvalue weighted by molar-refractivity contribution is -0.117. The minimum absolute atomic E-state index is 0.0575. The summed E-state index contributed by atoms with van der Waals surface area (Å²) in [6.07, 6.45) is 3.74. The number of hydrogen-bond donors (Lipinski definition) is 2. The zero-order chi connectivity index (χ0) is 21.0. The molecule has 1 saturated heterocycles. The van der Waals surface area contributed by atoms with Gasteiger partial charge in [-0.05, 0) is 69.8 Å². The van der Waals surface area contributed by atoms with Crippen molar-refractivity contribution in [1.29, 1.82) is 0 Å². The molecule has 2 aromatic rings. The third-order valence-electron chi connectivity index (χ3n) is 5.87. The zero-order valence-electron chi connectivity index (χ0n) is 17.9. The van der Waals surface area contributed by atoms with E-state index < -0.39 is 5.60 Å². The van der Waals surface area contributed by atoms with Crippen molar-refractivity contribution in [3.63, 3.8) is 0 Å². The highest BCUT2D eigenvalue weighted by Gasteiger charge is 2.31. The van der Waals surface area contributed by atoms with Gasteiger partial charge in [0.1, 0.15) is 12.4 Å². The van der Waals surface area contributed by atoms with E-state index in [1.807, 2.05) is 32.2 Å². The van der Waals surface area contributed by atoms with Gasteiger partial charge in [-0.3, -0.25) is 14.4 Å². The number of aliphatic hydroxyl groups is 1. The van der Waals surface area contributed by atoms with E-state index in [0.29, 0.717) is 25.9 Å². The molecule has 3 rings (SSSR count). The molecule has 1 aromatic carbocycles. The maximum absolute atomic E-state index is 12.4. The summed E-state index contributed by atoms with van der Waals surface area (Å²) in [7, 11) is 1.85. The first-order valence-electron chi connectivity index (χ1n) is 10.2. The third kappa shape index (κ3) is 5.58. The molecule has 158 valence electrons. The summed E-state index contributed by atoms with van der Waals surface area (Å²) in [6.45, 7) is 8.06. The molecule has 0 spiro atoms. The molecule has 1 amide bonds. The summed E-state index contributed by atoms with van der Waals surface area (Å²) in [5, 5.41) is 18.1. The van der Waals surface area contributed by atoms with Crippen LogP contribution in [-0.4, -0.2) is 57.5 Å². The molecule has 1 unspecified atom stereocenters. The monoisotopic (exact) mass is 400 g/mol. The fourth-order valence-electron chi connectivity index (χ4n) is 3.57. The molecule has 1 aliphatic rings. The maximum Gasteiger partial charge on any atom is 0.238 e. The van der Waals surface area contributed by atoms with Crippen molar-refractivity contribution < 1.29 is 14.6 Å². The van der Waals surface area contributed by atoms with Crippen LogP contribution in [-0.2, 0) is 11.8 Å². The molecule has 0 bridgehead atoms. The van der Waals surface area contributed by atoms with E-state index in [0.717, 1.165) is 30.1 Å². The predicted octanol–water partition coefficient (Wildman–Crippen LogP) is 2.58. The Labute approximate surface area is 172 Å². The fourth-order valence-corrected chi connectivity index (χ4v) is 3.57. The Balaban J connectivity index is 1.50. The molecule has 2 heterocycles. The lowest BCUT2D eigenvalue weighted by Gasteiger charge is -2.27. The van der Waals surface area contributed by atoms with Crippen molar-refractivity contribution in [3.05, 3.63) is 41.2 Å². The van der Waals surface area contributed by atoms with E-state index in [-0.39, 0.29) is 12.5 Å². The average molecular weight is 401 g/mol. The van der Waals surface area contributed by atoms with Crippen molar-refractivity contribution >= 4 is 11.6 Å². The minimum Gasteiger partial charge on any atom is -0.491 e. The highest BCUT2D eigenvalue weighted by Crippen LogP contribution is 2.25. The van der Waals surface area contributed by atoms with E-state index in [4.69, 9.17) is 4.74 Å². The molecule has 7 heteroatoms. The molecule has 2 N–H and O–H groups in total. The summed E-state index contributed by atoms with van der Waals surface area (Å²) < 4.78 is 7.63. The zero-order valence-corrected chi connectivity index (χ0v) is 17.9. The van der Waals surface area contributed by atoms with Crippen LogP contribution >= 0.6 is 0 Å². The van der Waals surface area contributed by atoms with Gasteiger partial charge < -0.3 is 15.2 Å². The summed E-state index contributed by atoms with van der Waals surface area (Å²) in [5.41, 5.74) is 3.19. The molecule has 1 atom stereocenters. The number of ether oxygens (including phenoxy) is 1. The number of amides is 1. The Kier molecular flexibility index (Phi) is 6.59. The molecule has 1 aliphatic heterocycles. The normalized spacial score (nSPS) is 20.3. The molecule has 29 heavy (non-hydrogen) atoms. The first-order chi connectivity index (χ1) is 13.8. The van der Waals surface area contributed by atoms with Gasteiger partial charge in [-0.15, -0.1) is 0 Å². The quantitative estimate of drug-likeness (QED) is 0.779. The van der Waals surface area contributed by atoms with Gasteiger partial charge in [-0.25, -0.2) is 0 Å². The molecule has 0 radical (unpaired) electrons. The topological polar surface area (TPSA) is 79.6 Å². The van der Waals surface area contributed by atoms with Crippen LogP contribution in [0.4, 0.5) is 5.69 Å². The van der Waals surface area contributed by atoms with Crippen LogP contribution in [0.3, 0.4) is 0 Å². The van der Waals surface area contributed by atoms with Crippen molar-refractivity contribution in [2.45, 2.75) is 45.6 Å². The van der Waals surface area contributed by atoms with Crippen LogP contribution in [0.5, 0.6) is 5.75 Å². The Morgan fingerprint density at radius 1 is 1.24 bits per heavy atom. The van der Waals surface area contributed by atoms with Crippen LogP contribution < -0.4 is 10.1 Å². The van der Waals surface area contributed by atoms with E-state index >= 15 is 0 Å². The molecule has 1 aromatic heterocycles. The van der Waals surface area contributed by atoms with E-state index in [1.54, 1.807) is 10.9 Å². The standard InChI is InChI=1S/C22H32N4O3/c1-16-6-7-19(12-17(16)2)29-15-22(28)8-5-10-26(11-9-22)14-21(27)24-20-13-23-25(4)18(20)3/h6-7,12-13,28H,5,8-11,14-15H2,1-4H3,(H,24,27). The van der Waals surface area contributed by atoms with E-state index in [2.05, 4.69) is 29.2 Å². The van der Waals surface area contributed by atoms with Gasteiger partial charge in [-0.2, -0.15) is 5.10 Å². The Hall–Kier alpha value is -2.38. The average Bonchev–Trinajstić information content (AvgIpc) is 2.88. The Morgan fingerprint density at radius 2 is 2.03 bits per heavy atom. The largest absolute Gasteiger partial charge is 0.491 e. The SMILES string of the molecule is Cc1ccc(OCC2(O)CCCN(CC(=O)Nc3cnn(C)c3C)CC2)cc1C. The molecular weight excluding hydrogens is 368 g/mol. The van der Waals surface area contributed by atoms with Crippen LogP contribution in [0.25, 0.3) is 0 Å². The second-order valence-electron chi connectivity index (χ2n) is 8.20. The first kappa shape index (κ1) is 21.3. The summed E-state index contributed by atoms with van der Waals surface area (Å²) in [6, 6.07) is 5.98. The number of nitrogens with zero attached hydrogens (tertiary/aromatic N) is 3. The number of hydrogen-bond acceptors (Lipinski definition) is 5. The molecule has 7 nitrogen and oxygen atoms in total. The summed E-state index contributed by atoms with van der Waals surface area (Å²) in [4.78, 5) is 14.5. The van der Waals surface area contributed by atoms with Crippen molar-refractivity contribution in [3.8, 4) is 5.75 Å². The Bertz CT molecular complexity index is 864. The second-order valence-corrected chi connectivity index (χ2v) is 8.20. The van der Waals surface area contributed by atoms with Gasteiger partial charge in [0, 0.05) is 13.6 Å². The van der Waals surface area contributed by atoms with Crippen LogP contribution in [0, 0.1) is 20.8 Å². The molecule has 1 fully saturated rings. The summed E-state index contributed by atoms with van der Waals surface area (Å²) >= 11 is 0. The number of rotatable bonds is 6. The minimum atomic E-state index is -0.871. The number of anilines is 1. The van der Waals surface area contributed by atoms with Gasteiger partial charge in [0.2, 0.25) is 5.91 Å². The maximum atomic E-state index is 12.4. The van der Waals surface area contributed by atoms with Crippen LogP contribution in [0.2, 0.25) is 0 Å². The third-order valence-corrected chi connectivity index (χ3v) is 5.87. The van der Waals surface area contributed by atoms with Gasteiger partial charge in [0.05, 0.1) is 29.7 Å². The van der Waals surface area contributed by atoms with Gasteiger partial charge >= 0.3 is 0 Å². The second kappa shape index (κ2) is 8.97. The highest BCUT2D eigenvalue weighted by molar-refractivity contribution is 5.92. The van der Waals surface area contributed by atoms with Crippen LogP contribution in [0.15, 0.2) is 24.4 Å². The summed E-state index contributed by atoms with van der Waals surface area (Å²) in [5.74, 6) is 0.728. The van der Waals surface area contributed by atoms with Crippen molar-refractivity contribution in [2.75, 3.05) is 31.6 Å². The number of benzene rings is 1. The number of carbonyl (C=O) groups excluding carboxylic acids is 1. The van der Waals surface area contributed by atoms with Gasteiger partial charge in [0.15, 0.2) is 0 Å². The number of carbonyl (C=O) groups is 1. The molecular formula is C22H32N4O3. The number of likely N-dealkylation sites (tertiary alicyclic amines) is 1. The van der Waals surface area contributed by atoms with Crippen molar-refractivity contribution in [2.24, 2.45) is 7.05 Å². The number of aryl methyl sites for hydroxylation is 3. The van der Waals surface area contributed by atoms with Crippen molar-refractivity contribution in [1.82, 2.24) is 14.7 Å². The number of aromatic nitrogens is 2. The predicted molar refractivity (Wildman–Crippen MR) is 113 cm³/mol. The lowest BCUT2D eigenvalue weighted by atomic mass is 9.96. The highest BCUT2D eigenvalue weighted by atomic mass is 16.5. The van der Waals surface area contributed by atoms with Gasteiger partial charge in [-0.1, -0.05) is 6.07 Å². The number of nitrogens with one attached hydrogen (secondary N) is 1.